The van der Waals surface area contributed by atoms with Gasteiger partial charge >= 0.3 is 6.00 Å². The predicted octanol–water partition coefficient (Wildman–Crippen LogP) is 3.89. The van der Waals surface area contributed by atoms with Crippen LogP contribution in [0.4, 0.5) is 0 Å². The average molecular weight is 219 g/mol. The topological polar surface area (TPSA) is 0 Å². The molecule has 0 saturated carbocycles. The van der Waals surface area contributed by atoms with Gasteiger partial charge in [-0.2, -0.15) is 0 Å². The highest BCUT2D eigenvalue weighted by Crippen LogP contribution is 2.36. The number of rotatable bonds is 3. The van der Waals surface area contributed by atoms with Gasteiger partial charge in [0.15, 0.2) is 0 Å². The first kappa shape index (κ1) is 11.1. The van der Waals surface area contributed by atoms with Crippen molar-refractivity contribution in [2.75, 3.05) is 0 Å². The zero-order valence-corrected chi connectivity index (χ0v) is 9.63. The minimum atomic E-state index is -2.46. The molecule has 0 fully saturated rings. The average Bonchev–Trinajstić information content (AvgIpc) is 1.60. The fraction of sp³-hybridized carbons (Fsp3) is 0.833. The van der Waals surface area contributed by atoms with Gasteiger partial charge in [0, 0.05) is 0 Å². The first-order valence-electron chi connectivity index (χ1n) is 3.25. The minimum absolute atomic E-state index is 0.150. The van der Waals surface area contributed by atoms with Crippen molar-refractivity contribution in [2.24, 2.45) is 5.92 Å². The Bertz CT molecular complexity index is 97.7. The third kappa shape index (κ3) is 4.83. The van der Waals surface area contributed by atoms with Gasteiger partial charge in [-0.15, -0.1) is 33.2 Å². The molecule has 4 heteroatoms. The monoisotopic (exact) mass is 217 g/mol. The van der Waals surface area contributed by atoms with Crippen LogP contribution in [-0.4, -0.2) is 6.00 Å². The lowest BCUT2D eigenvalue weighted by Crippen LogP contribution is -2.19. The smallest absolute Gasteiger partial charge is 0.126 e. The molecule has 1 atom stereocenters. The van der Waals surface area contributed by atoms with Crippen LogP contribution in [-0.2, 0) is 0 Å². The second-order valence-corrected chi connectivity index (χ2v) is 11.9. The molecule has 0 bridgehead atoms. The van der Waals surface area contributed by atoms with E-state index < -0.39 is 6.00 Å². The van der Waals surface area contributed by atoms with Crippen molar-refractivity contribution in [1.82, 2.24) is 0 Å². The van der Waals surface area contributed by atoms with E-state index in [1.807, 2.05) is 6.92 Å². The Morgan fingerprint density at radius 1 is 1.10 bits per heavy atom. The molecular weight excluding hydrogens is 207 g/mol. The largest absolute Gasteiger partial charge is 0.344 e. The minimum Gasteiger partial charge on any atom is -0.126 e. The molecule has 0 saturated heterocycles. The summed E-state index contributed by atoms with van der Waals surface area (Å²) in [5, 5.41) is 0. The van der Waals surface area contributed by atoms with Crippen LogP contribution in [0.2, 0.25) is 5.54 Å². The normalized spacial score (nSPS) is 15.9. The molecule has 1 unspecified atom stereocenters. The maximum atomic E-state index is 5.77. The van der Waals surface area contributed by atoms with Gasteiger partial charge in [0.05, 0.1) is 0 Å². The summed E-state index contributed by atoms with van der Waals surface area (Å²) < 4.78 is 0. The van der Waals surface area contributed by atoms with Gasteiger partial charge in [0.25, 0.3) is 0 Å². The predicted molar refractivity (Wildman–Crippen MR) is 51.9 cm³/mol. The van der Waals surface area contributed by atoms with Crippen LogP contribution in [0.15, 0.2) is 0 Å². The van der Waals surface area contributed by atoms with E-state index >= 15 is 0 Å². The van der Waals surface area contributed by atoms with Crippen LogP contribution in [0.5, 0.6) is 0 Å². The van der Waals surface area contributed by atoms with Gasteiger partial charge < -0.3 is 0 Å². The van der Waals surface area contributed by atoms with Crippen LogP contribution in [0.3, 0.4) is 0 Å². The van der Waals surface area contributed by atoms with E-state index in [1.165, 1.54) is 0 Å². The summed E-state index contributed by atoms with van der Waals surface area (Å²) in [5.41, 5.74) is 0.150. The highest BCUT2D eigenvalue weighted by Gasteiger charge is 2.33. The van der Waals surface area contributed by atoms with Crippen molar-refractivity contribution >= 4 is 39.2 Å². The summed E-state index contributed by atoms with van der Waals surface area (Å²) in [4.78, 5) is 0. The van der Waals surface area contributed by atoms with Crippen LogP contribution < -0.4 is 0 Å². The summed E-state index contributed by atoms with van der Waals surface area (Å²) >= 11 is 17.3. The van der Waals surface area contributed by atoms with Crippen molar-refractivity contribution in [3.63, 3.8) is 0 Å². The van der Waals surface area contributed by atoms with E-state index in [9.17, 15) is 0 Å². The van der Waals surface area contributed by atoms with Crippen molar-refractivity contribution in [2.45, 2.75) is 26.3 Å². The van der Waals surface area contributed by atoms with Crippen LogP contribution in [0.1, 0.15) is 20.8 Å². The summed E-state index contributed by atoms with van der Waals surface area (Å²) in [7, 11) is 0. The Hall–Kier alpha value is 1.09. The Morgan fingerprint density at radius 2 is 1.50 bits per heavy atom. The lowest BCUT2D eigenvalue weighted by Gasteiger charge is -2.18. The second-order valence-electron chi connectivity index (χ2n) is 2.77. The fourth-order valence-corrected chi connectivity index (χ4v) is 1.94. The maximum absolute atomic E-state index is 5.77. The molecule has 0 aliphatic carbocycles. The van der Waals surface area contributed by atoms with Crippen LogP contribution in [0.25, 0.3) is 0 Å². The first-order valence-corrected chi connectivity index (χ1v) is 8.37. The van der Waals surface area contributed by atoms with Crippen molar-refractivity contribution in [3.8, 4) is 0 Å². The highest BCUT2D eigenvalue weighted by molar-refractivity contribution is 7.65. The molecule has 0 aromatic heterocycles. The van der Waals surface area contributed by atoms with Gasteiger partial charge in [0.2, 0.25) is 0 Å². The lowest BCUT2D eigenvalue weighted by atomic mass is 10.1. The molecule has 0 amide bonds. The molecule has 10 heavy (non-hydrogen) atoms. The summed E-state index contributed by atoms with van der Waals surface area (Å²) in [6.07, 6.45) is 2.08. The van der Waals surface area contributed by atoms with Crippen molar-refractivity contribution in [1.29, 1.82) is 0 Å². The highest BCUT2D eigenvalue weighted by atomic mass is 35.8. The third-order valence-corrected chi connectivity index (χ3v) is 5.51. The number of hydrogen-bond donors (Lipinski definition) is 0. The first-order chi connectivity index (χ1) is 4.34. The van der Waals surface area contributed by atoms with Gasteiger partial charge in [-0.1, -0.05) is 20.8 Å². The number of halogens is 3. The Labute approximate surface area is 78.0 Å². The fourth-order valence-electron chi connectivity index (χ4n) is 0.686. The molecule has 0 heterocycles. The molecule has 1 radical (unpaired) electrons. The molecule has 0 rings (SSSR count). The van der Waals surface area contributed by atoms with E-state index in [0.29, 0.717) is 5.92 Å². The molecule has 0 nitrogen and oxygen atoms in total. The molecule has 0 aromatic carbocycles. The zero-order valence-electron chi connectivity index (χ0n) is 6.37. The van der Waals surface area contributed by atoms with E-state index in [1.54, 1.807) is 0 Å². The second kappa shape index (κ2) is 4.20. The molecule has 0 spiro atoms. The summed E-state index contributed by atoms with van der Waals surface area (Å²) in [5.74, 6) is 0.498. The Kier molecular flexibility index (Phi) is 4.65. The third-order valence-electron chi connectivity index (χ3n) is 1.19. The molecule has 0 aromatic rings. The Morgan fingerprint density at radius 3 is 1.60 bits per heavy atom. The Balaban J connectivity index is 3.73. The maximum Gasteiger partial charge on any atom is 0.344 e. The van der Waals surface area contributed by atoms with E-state index in [2.05, 4.69) is 20.3 Å². The standard InChI is InChI=1S/C6H12Cl3Si/c1-5(2)4-6(3)10(7,8)9/h4-6H,1-3H3. The van der Waals surface area contributed by atoms with Crippen molar-refractivity contribution in [3.05, 3.63) is 6.42 Å². The molecule has 0 N–H and O–H groups in total. The van der Waals surface area contributed by atoms with Gasteiger partial charge in [-0.05, 0) is 17.9 Å². The zero-order chi connectivity index (χ0) is 8.36. The van der Waals surface area contributed by atoms with Gasteiger partial charge in [0.1, 0.15) is 0 Å². The van der Waals surface area contributed by atoms with E-state index in [0.717, 1.165) is 0 Å². The quantitative estimate of drug-likeness (QED) is 0.498. The lowest BCUT2D eigenvalue weighted by molar-refractivity contribution is 0.719. The van der Waals surface area contributed by atoms with Crippen molar-refractivity contribution < 1.29 is 0 Å². The van der Waals surface area contributed by atoms with Crippen LogP contribution in [0, 0.1) is 12.3 Å². The summed E-state index contributed by atoms with van der Waals surface area (Å²) in [6, 6.07) is -2.46. The summed E-state index contributed by atoms with van der Waals surface area (Å²) in [6.45, 7) is 6.13. The SMILES string of the molecule is CC(C)[CH]C(C)[Si](Cl)(Cl)Cl. The number of hydrogen-bond acceptors (Lipinski definition) is 0. The van der Waals surface area contributed by atoms with Gasteiger partial charge in [-0.25, -0.2) is 0 Å². The van der Waals surface area contributed by atoms with Crippen LogP contribution >= 0.6 is 33.2 Å². The van der Waals surface area contributed by atoms with Gasteiger partial charge in [-0.3, -0.25) is 0 Å². The molecule has 0 aliphatic rings. The van der Waals surface area contributed by atoms with E-state index in [4.69, 9.17) is 33.2 Å². The molecule has 0 aliphatic heterocycles. The molecule has 61 valence electrons. The van der Waals surface area contributed by atoms with E-state index in [-0.39, 0.29) is 5.54 Å². The molecular formula is C6H12Cl3Si.